The number of hydrogen-bond acceptors (Lipinski definition) is 4. The second kappa shape index (κ2) is 8.29. The SMILES string of the molecule is [N-]=[N+]=NC[C@@H](NC1CCCC1)C(=O)NC1=CC=C(Cl)NC1Cl. The summed E-state index contributed by atoms with van der Waals surface area (Å²) in [5, 5.41) is 12.7. The third-order valence-electron chi connectivity index (χ3n) is 3.65. The predicted octanol–water partition coefficient (Wildman–Crippen LogP) is 2.45. The minimum Gasteiger partial charge on any atom is -0.355 e. The number of allylic oxidation sites excluding steroid dienone is 2. The lowest BCUT2D eigenvalue weighted by Gasteiger charge is -2.24. The molecule has 120 valence electrons. The number of nitrogens with one attached hydrogen (secondary N) is 3. The van der Waals surface area contributed by atoms with Gasteiger partial charge in [-0.15, -0.1) is 0 Å². The van der Waals surface area contributed by atoms with Crippen molar-refractivity contribution in [1.29, 1.82) is 0 Å². The summed E-state index contributed by atoms with van der Waals surface area (Å²) < 4.78 is 0. The van der Waals surface area contributed by atoms with Crippen LogP contribution in [0.3, 0.4) is 0 Å². The van der Waals surface area contributed by atoms with E-state index < -0.39 is 11.5 Å². The molecule has 0 aromatic heterocycles. The highest BCUT2D eigenvalue weighted by Crippen LogP contribution is 2.19. The fourth-order valence-corrected chi connectivity index (χ4v) is 3.01. The van der Waals surface area contributed by atoms with Gasteiger partial charge in [0.05, 0.1) is 18.3 Å². The van der Waals surface area contributed by atoms with Crippen LogP contribution in [0.1, 0.15) is 25.7 Å². The first-order valence-corrected chi connectivity index (χ1v) is 7.97. The molecule has 1 fully saturated rings. The number of rotatable bonds is 6. The van der Waals surface area contributed by atoms with E-state index in [-0.39, 0.29) is 18.5 Å². The summed E-state index contributed by atoms with van der Waals surface area (Å²) >= 11 is 11.9. The summed E-state index contributed by atoms with van der Waals surface area (Å²) in [6.07, 6.45) is 7.62. The van der Waals surface area contributed by atoms with Crippen molar-refractivity contribution in [3.8, 4) is 0 Å². The zero-order valence-corrected chi connectivity index (χ0v) is 13.4. The Bertz CT molecular complexity index is 523. The monoisotopic (exact) mass is 344 g/mol. The number of carbonyl (C=O) groups excluding carboxylic acids is 1. The number of dihydropyridines is 1. The highest BCUT2D eigenvalue weighted by molar-refractivity contribution is 6.31. The molecule has 0 bridgehead atoms. The molecule has 7 nitrogen and oxygen atoms in total. The van der Waals surface area contributed by atoms with Gasteiger partial charge in [0.15, 0.2) is 0 Å². The molecule has 9 heteroatoms. The molecule has 1 aliphatic heterocycles. The van der Waals surface area contributed by atoms with Gasteiger partial charge in [0.2, 0.25) is 5.91 Å². The van der Waals surface area contributed by atoms with E-state index in [1.54, 1.807) is 12.2 Å². The van der Waals surface area contributed by atoms with Crippen molar-refractivity contribution in [2.24, 2.45) is 5.11 Å². The van der Waals surface area contributed by atoms with Gasteiger partial charge < -0.3 is 16.0 Å². The molecule has 1 amide bonds. The zero-order valence-electron chi connectivity index (χ0n) is 11.9. The van der Waals surface area contributed by atoms with Crippen LogP contribution in [0.4, 0.5) is 0 Å². The third kappa shape index (κ3) is 4.81. The number of halogens is 2. The van der Waals surface area contributed by atoms with Crippen LogP contribution in [-0.4, -0.2) is 30.0 Å². The fraction of sp³-hybridized carbons (Fsp3) is 0.615. The summed E-state index contributed by atoms with van der Waals surface area (Å²) in [7, 11) is 0. The van der Waals surface area contributed by atoms with Gasteiger partial charge in [-0.3, -0.25) is 4.79 Å². The van der Waals surface area contributed by atoms with Crippen LogP contribution in [0, 0.1) is 0 Å². The Hall–Kier alpha value is -1.40. The Kier molecular flexibility index (Phi) is 6.39. The lowest BCUT2D eigenvalue weighted by atomic mass is 10.2. The first-order valence-electron chi connectivity index (χ1n) is 7.16. The molecule has 0 spiro atoms. The van der Waals surface area contributed by atoms with Gasteiger partial charge in [-0.05, 0) is 30.5 Å². The fourth-order valence-electron chi connectivity index (χ4n) is 2.54. The van der Waals surface area contributed by atoms with Gasteiger partial charge >= 0.3 is 0 Å². The molecule has 1 unspecified atom stereocenters. The Morgan fingerprint density at radius 1 is 1.50 bits per heavy atom. The maximum Gasteiger partial charge on any atom is 0.241 e. The number of hydrogen-bond donors (Lipinski definition) is 3. The van der Waals surface area contributed by atoms with Crippen LogP contribution in [0.5, 0.6) is 0 Å². The maximum absolute atomic E-state index is 12.4. The molecule has 2 atom stereocenters. The molecule has 0 saturated heterocycles. The van der Waals surface area contributed by atoms with Crippen molar-refractivity contribution >= 4 is 29.1 Å². The number of nitrogens with zero attached hydrogens (tertiary/aromatic N) is 3. The van der Waals surface area contributed by atoms with Crippen molar-refractivity contribution in [3.05, 3.63) is 33.4 Å². The summed E-state index contributed by atoms with van der Waals surface area (Å²) in [6.45, 7) is 0.0586. The Balaban J connectivity index is 1.99. The van der Waals surface area contributed by atoms with E-state index in [2.05, 4.69) is 26.0 Å². The largest absolute Gasteiger partial charge is 0.355 e. The van der Waals surface area contributed by atoms with Crippen molar-refractivity contribution < 1.29 is 4.79 Å². The Morgan fingerprint density at radius 3 is 2.86 bits per heavy atom. The van der Waals surface area contributed by atoms with Crippen LogP contribution in [0.2, 0.25) is 0 Å². The number of alkyl halides is 1. The standard InChI is InChI=1S/C13H18Cl2N6O/c14-11-6-5-9(12(15)20-11)19-13(22)10(7-17-21-16)18-8-3-1-2-4-8/h5-6,8,10,12,18,20H,1-4,7H2,(H,19,22)/t10-,12?/m1/s1. The predicted molar refractivity (Wildman–Crippen MR) is 86.1 cm³/mol. The van der Waals surface area contributed by atoms with E-state index in [1.165, 1.54) is 0 Å². The van der Waals surface area contributed by atoms with Gasteiger partial charge in [0.25, 0.3) is 0 Å². The second-order valence-corrected chi connectivity index (χ2v) is 6.09. The van der Waals surface area contributed by atoms with E-state index in [1.807, 2.05) is 0 Å². The molecule has 1 heterocycles. The first-order chi connectivity index (χ1) is 10.6. The van der Waals surface area contributed by atoms with Crippen LogP contribution in [0.25, 0.3) is 10.4 Å². The molecule has 1 saturated carbocycles. The average molecular weight is 345 g/mol. The van der Waals surface area contributed by atoms with E-state index in [4.69, 9.17) is 28.7 Å². The lowest BCUT2D eigenvalue weighted by Crippen LogP contribution is -2.50. The van der Waals surface area contributed by atoms with Gasteiger partial charge in [-0.25, -0.2) is 0 Å². The molecule has 0 aromatic rings. The van der Waals surface area contributed by atoms with Crippen molar-refractivity contribution in [2.75, 3.05) is 6.54 Å². The first kappa shape index (κ1) is 17.0. The van der Waals surface area contributed by atoms with Crippen molar-refractivity contribution in [1.82, 2.24) is 16.0 Å². The normalized spacial score (nSPS) is 22.9. The molecule has 22 heavy (non-hydrogen) atoms. The van der Waals surface area contributed by atoms with Crippen molar-refractivity contribution in [2.45, 2.75) is 43.3 Å². The molecule has 0 aromatic carbocycles. The zero-order chi connectivity index (χ0) is 15.9. The Morgan fingerprint density at radius 2 is 2.23 bits per heavy atom. The number of azide groups is 1. The summed E-state index contributed by atoms with van der Waals surface area (Å²) in [4.78, 5) is 15.1. The van der Waals surface area contributed by atoms with Crippen molar-refractivity contribution in [3.63, 3.8) is 0 Å². The number of amides is 1. The van der Waals surface area contributed by atoms with Crippen LogP contribution in [0.15, 0.2) is 28.1 Å². The van der Waals surface area contributed by atoms with Gasteiger partial charge in [-0.2, -0.15) is 0 Å². The summed E-state index contributed by atoms with van der Waals surface area (Å²) in [5.74, 6) is -0.274. The van der Waals surface area contributed by atoms with E-state index in [9.17, 15) is 4.79 Å². The summed E-state index contributed by atoms with van der Waals surface area (Å²) in [6, 6.07) is -0.297. The highest BCUT2D eigenvalue weighted by Gasteiger charge is 2.26. The smallest absolute Gasteiger partial charge is 0.241 e. The number of carbonyl (C=O) groups is 1. The highest BCUT2D eigenvalue weighted by atomic mass is 35.5. The lowest BCUT2D eigenvalue weighted by molar-refractivity contribution is -0.122. The molecule has 2 aliphatic rings. The van der Waals surface area contributed by atoms with Crippen LogP contribution < -0.4 is 16.0 Å². The van der Waals surface area contributed by atoms with Gasteiger partial charge in [0.1, 0.15) is 10.7 Å². The van der Waals surface area contributed by atoms with E-state index >= 15 is 0 Å². The Labute approximate surface area is 138 Å². The molecular formula is C13H18Cl2N6O. The summed E-state index contributed by atoms with van der Waals surface area (Å²) in [5.41, 5.74) is 8.39. The molecular weight excluding hydrogens is 327 g/mol. The molecule has 0 radical (unpaired) electrons. The molecule has 1 aliphatic carbocycles. The molecule has 3 N–H and O–H groups in total. The second-order valence-electron chi connectivity index (χ2n) is 5.25. The van der Waals surface area contributed by atoms with E-state index in [0.717, 1.165) is 25.7 Å². The topological polar surface area (TPSA) is 102 Å². The third-order valence-corrected chi connectivity index (χ3v) is 4.23. The van der Waals surface area contributed by atoms with Gasteiger partial charge in [-0.1, -0.05) is 41.2 Å². The van der Waals surface area contributed by atoms with Gasteiger partial charge in [0, 0.05) is 11.0 Å². The molecule has 2 rings (SSSR count). The van der Waals surface area contributed by atoms with Crippen LogP contribution in [-0.2, 0) is 4.79 Å². The van der Waals surface area contributed by atoms with Crippen LogP contribution >= 0.6 is 23.2 Å². The van der Waals surface area contributed by atoms with E-state index in [0.29, 0.717) is 10.9 Å². The minimum absolute atomic E-state index is 0.0586. The minimum atomic E-state index is -0.604. The quantitative estimate of drug-likeness (QED) is 0.226. The maximum atomic E-state index is 12.4. The average Bonchev–Trinajstić information content (AvgIpc) is 2.99.